The molecular weight excluding hydrogens is 214 g/mol. The third kappa shape index (κ3) is 6.07. The molecule has 17 heavy (non-hydrogen) atoms. The van der Waals surface area contributed by atoms with Crippen molar-refractivity contribution in [3.8, 4) is 0 Å². The quantitative estimate of drug-likeness (QED) is 0.714. The molecule has 0 aromatic heterocycles. The highest BCUT2D eigenvalue weighted by Crippen LogP contribution is 2.24. The van der Waals surface area contributed by atoms with Gasteiger partial charge in [-0.2, -0.15) is 0 Å². The zero-order valence-corrected chi connectivity index (χ0v) is 10.6. The number of hydrogen-bond donors (Lipinski definition) is 2. The van der Waals surface area contributed by atoms with Crippen LogP contribution in [0.4, 0.5) is 0 Å². The van der Waals surface area contributed by atoms with Gasteiger partial charge in [0, 0.05) is 6.54 Å². The predicted molar refractivity (Wildman–Crippen MR) is 68.8 cm³/mol. The summed E-state index contributed by atoms with van der Waals surface area (Å²) in [5.74, 6) is -0.724. The van der Waals surface area contributed by atoms with Crippen molar-refractivity contribution in [2.24, 2.45) is 5.41 Å². The first-order valence-corrected chi connectivity index (χ1v) is 5.96. The van der Waals surface area contributed by atoms with Gasteiger partial charge in [0.15, 0.2) is 0 Å². The Morgan fingerprint density at radius 3 is 2.53 bits per heavy atom. The standard InChI is InChI=1S/C14H21NO2/c1-14(2,10-13(16)17)8-9-15-11-12-6-4-3-5-7-12/h3-7,15H,8-11H2,1-2H3,(H,16,17). The molecule has 0 saturated heterocycles. The van der Waals surface area contributed by atoms with Crippen molar-refractivity contribution in [2.45, 2.75) is 33.2 Å². The normalized spacial score (nSPS) is 11.4. The van der Waals surface area contributed by atoms with E-state index in [1.165, 1.54) is 5.56 Å². The number of rotatable bonds is 7. The van der Waals surface area contributed by atoms with Crippen LogP contribution in [-0.2, 0) is 11.3 Å². The Morgan fingerprint density at radius 1 is 1.29 bits per heavy atom. The van der Waals surface area contributed by atoms with Crippen molar-refractivity contribution in [2.75, 3.05) is 6.54 Å². The Bertz CT molecular complexity index is 346. The molecule has 1 aromatic rings. The molecule has 3 nitrogen and oxygen atoms in total. The third-order valence-electron chi connectivity index (χ3n) is 2.78. The molecule has 94 valence electrons. The van der Waals surface area contributed by atoms with Crippen LogP contribution >= 0.6 is 0 Å². The number of hydrogen-bond acceptors (Lipinski definition) is 2. The fourth-order valence-corrected chi connectivity index (χ4v) is 1.75. The number of carboxylic acids is 1. The van der Waals surface area contributed by atoms with Crippen molar-refractivity contribution in [1.82, 2.24) is 5.32 Å². The summed E-state index contributed by atoms with van der Waals surface area (Å²) in [5.41, 5.74) is 1.11. The summed E-state index contributed by atoms with van der Waals surface area (Å²) in [7, 11) is 0. The van der Waals surface area contributed by atoms with Gasteiger partial charge in [-0.15, -0.1) is 0 Å². The molecule has 0 radical (unpaired) electrons. The van der Waals surface area contributed by atoms with Gasteiger partial charge in [-0.1, -0.05) is 44.2 Å². The Balaban J connectivity index is 2.22. The van der Waals surface area contributed by atoms with Gasteiger partial charge in [0.1, 0.15) is 0 Å². The van der Waals surface area contributed by atoms with Gasteiger partial charge in [-0.25, -0.2) is 0 Å². The first-order chi connectivity index (χ1) is 7.99. The molecule has 0 aliphatic rings. The van der Waals surface area contributed by atoms with E-state index in [2.05, 4.69) is 17.4 Å². The first-order valence-electron chi connectivity index (χ1n) is 5.96. The molecule has 0 bridgehead atoms. The topological polar surface area (TPSA) is 49.3 Å². The lowest BCUT2D eigenvalue weighted by atomic mass is 9.86. The van der Waals surface area contributed by atoms with Crippen molar-refractivity contribution >= 4 is 5.97 Å². The predicted octanol–water partition coefficient (Wildman–Crippen LogP) is 2.67. The van der Waals surface area contributed by atoms with Crippen LogP contribution in [0.3, 0.4) is 0 Å². The Hall–Kier alpha value is -1.35. The second-order valence-electron chi connectivity index (χ2n) is 5.15. The SMILES string of the molecule is CC(C)(CCNCc1ccccc1)CC(=O)O. The highest BCUT2D eigenvalue weighted by molar-refractivity contribution is 5.67. The largest absolute Gasteiger partial charge is 0.481 e. The molecule has 0 amide bonds. The lowest BCUT2D eigenvalue weighted by molar-refractivity contribution is -0.139. The monoisotopic (exact) mass is 235 g/mol. The molecular formula is C14H21NO2. The average molecular weight is 235 g/mol. The zero-order chi connectivity index (χ0) is 12.7. The van der Waals surface area contributed by atoms with Crippen LogP contribution in [0.25, 0.3) is 0 Å². The highest BCUT2D eigenvalue weighted by Gasteiger charge is 2.20. The first kappa shape index (κ1) is 13.7. The van der Waals surface area contributed by atoms with Crippen molar-refractivity contribution in [1.29, 1.82) is 0 Å². The van der Waals surface area contributed by atoms with Gasteiger partial charge >= 0.3 is 5.97 Å². The van der Waals surface area contributed by atoms with Gasteiger partial charge < -0.3 is 10.4 Å². The maximum absolute atomic E-state index is 10.6. The molecule has 1 aromatic carbocycles. The molecule has 3 heteroatoms. The van der Waals surface area contributed by atoms with Gasteiger partial charge in [0.2, 0.25) is 0 Å². The van der Waals surface area contributed by atoms with E-state index in [4.69, 9.17) is 5.11 Å². The van der Waals surface area contributed by atoms with Crippen LogP contribution in [0.15, 0.2) is 30.3 Å². The lowest BCUT2D eigenvalue weighted by Gasteiger charge is -2.22. The summed E-state index contributed by atoms with van der Waals surface area (Å²) in [6, 6.07) is 10.2. The number of nitrogens with one attached hydrogen (secondary N) is 1. The molecule has 1 rings (SSSR count). The fourth-order valence-electron chi connectivity index (χ4n) is 1.75. The van der Waals surface area contributed by atoms with E-state index in [0.717, 1.165) is 19.5 Å². The molecule has 2 N–H and O–H groups in total. The summed E-state index contributed by atoms with van der Waals surface area (Å²) < 4.78 is 0. The molecule has 0 fully saturated rings. The second-order valence-corrected chi connectivity index (χ2v) is 5.15. The Labute approximate surface area is 103 Å². The minimum atomic E-state index is -0.724. The molecule has 0 aliphatic carbocycles. The summed E-state index contributed by atoms with van der Waals surface area (Å²) in [5, 5.41) is 12.1. The van der Waals surface area contributed by atoms with E-state index in [-0.39, 0.29) is 11.8 Å². The van der Waals surface area contributed by atoms with Gasteiger partial charge in [-0.3, -0.25) is 4.79 Å². The van der Waals surface area contributed by atoms with E-state index in [1.807, 2.05) is 32.0 Å². The molecule has 0 atom stereocenters. The summed E-state index contributed by atoms with van der Waals surface area (Å²) in [4.78, 5) is 10.6. The minimum Gasteiger partial charge on any atom is -0.481 e. The number of aliphatic carboxylic acids is 1. The van der Waals surface area contributed by atoms with Gasteiger partial charge in [0.25, 0.3) is 0 Å². The summed E-state index contributed by atoms with van der Waals surface area (Å²) in [6.07, 6.45) is 1.09. The molecule has 0 spiro atoms. The van der Waals surface area contributed by atoms with Crippen molar-refractivity contribution in [3.63, 3.8) is 0 Å². The summed E-state index contributed by atoms with van der Waals surface area (Å²) in [6.45, 7) is 5.66. The van der Waals surface area contributed by atoms with E-state index < -0.39 is 5.97 Å². The Kier molecular flexibility index (Phi) is 5.16. The lowest BCUT2D eigenvalue weighted by Crippen LogP contribution is -2.24. The number of carbonyl (C=O) groups is 1. The highest BCUT2D eigenvalue weighted by atomic mass is 16.4. The second kappa shape index (κ2) is 6.40. The van der Waals surface area contributed by atoms with Crippen LogP contribution in [0.1, 0.15) is 32.3 Å². The molecule has 0 heterocycles. The van der Waals surface area contributed by atoms with E-state index in [9.17, 15) is 4.79 Å². The maximum Gasteiger partial charge on any atom is 0.303 e. The van der Waals surface area contributed by atoms with E-state index in [0.29, 0.717) is 0 Å². The minimum absolute atomic E-state index is 0.143. The smallest absolute Gasteiger partial charge is 0.303 e. The van der Waals surface area contributed by atoms with Crippen LogP contribution in [-0.4, -0.2) is 17.6 Å². The average Bonchev–Trinajstić information content (AvgIpc) is 2.24. The third-order valence-corrected chi connectivity index (χ3v) is 2.78. The maximum atomic E-state index is 10.6. The van der Waals surface area contributed by atoms with Crippen LogP contribution in [0.2, 0.25) is 0 Å². The molecule has 0 unspecified atom stereocenters. The molecule has 0 saturated carbocycles. The number of benzene rings is 1. The summed E-state index contributed by atoms with van der Waals surface area (Å²) >= 11 is 0. The zero-order valence-electron chi connectivity index (χ0n) is 10.6. The van der Waals surface area contributed by atoms with Crippen molar-refractivity contribution in [3.05, 3.63) is 35.9 Å². The van der Waals surface area contributed by atoms with Crippen LogP contribution in [0, 0.1) is 5.41 Å². The Morgan fingerprint density at radius 2 is 1.94 bits per heavy atom. The molecule has 0 aliphatic heterocycles. The van der Waals surface area contributed by atoms with E-state index in [1.54, 1.807) is 0 Å². The van der Waals surface area contributed by atoms with Crippen LogP contribution in [0.5, 0.6) is 0 Å². The van der Waals surface area contributed by atoms with E-state index >= 15 is 0 Å². The van der Waals surface area contributed by atoms with Gasteiger partial charge in [-0.05, 0) is 23.9 Å². The van der Waals surface area contributed by atoms with Crippen molar-refractivity contribution < 1.29 is 9.90 Å². The number of carboxylic acid groups (broad SMARTS) is 1. The fraction of sp³-hybridized carbons (Fsp3) is 0.500. The van der Waals surface area contributed by atoms with Gasteiger partial charge in [0.05, 0.1) is 6.42 Å². The van der Waals surface area contributed by atoms with Crippen LogP contribution < -0.4 is 5.32 Å².